The average molecular weight is 281 g/mol. The van der Waals surface area contributed by atoms with E-state index in [2.05, 4.69) is 27.4 Å². The molecule has 0 atom stereocenters. The van der Waals surface area contributed by atoms with E-state index in [0.717, 1.165) is 16.4 Å². The van der Waals surface area contributed by atoms with Gasteiger partial charge in [-0.1, -0.05) is 43.9 Å². The van der Waals surface area contributed by atoms with Crippen LogP contribution in [0, 0.1) is 0 Å². The lowest BCUT2D eigenvalue weighted by Gasteiger charge is -2.16. The molecule has 0 spiro atoms. The van der Waals surface area contributed by atoms with E-state index in [1.54, 1.807) is 11.3 Å². The zero-order chi connectivity index (χ0) is 13.5. The maximum absolute atomic E-state index is 5.94. The van der Waals surface area contributed by atoms with Crippen molar-refractivity contribution in [1.82, 2.24) is 15.5 Å². The van der Waals surface area contributed by atoms with E-state index < -0.39 is 0 Å². The molecular formula is C13H23N5S. The number of nitrogens with two attached hydrogens (primary N) is 1. The van der Waals surface area contributed by atoms with E-state index in [1.165, 1.54) is 38.5 Å². The molecule has 1 saturated carbocycles. The van der Waals surface area contributed by atoms with Crippen molar-refractivity contribution in [3.05, 3.63) is 10.0 Å². The highest BCUT2D eigenvalue weighted by Gasteiger charge is 2.12. The number of nitrogens with zero attached hydrogens (tertiary/aromatic N) is 3. The third-order valence-electron chi connectivity index (χ3n) is 3.40. The van der Waals surface area contributed by atoms with Crippen molar-refractivity contribution in [1.29, 1.82) is 0 Å². The molecule has 1 aromatic rings. The Bertz CT molecular complexity index is 407. The van der Waals surface area contributed by atoms with Crippen LogP contribution in [0.2, 0.25) is 0 Å². The summed E-state index contributed by atoms with van der Waals surface area (Å²) in [4.78, 5) is 4.36. The molecule has 2 rings (SSSR count). The molecule has 1 heterocycles. The number of aliphatic imine (C=N–C) groups is 1. The van der Waals surface area contributed by atoms with Crippen LogP contribution in [0.5, 0.6) is 0 Å². The molecule has 0 radical (unpaired) electrons. The molecule has 3 N–H and O–H groups in total. The first kappa shape index (κ1) is 14.2. The topological polar surface area (TPSA) is 76.2 Å². The molecule has 0 aromatic carbocycles. The second-order valence-corrected chi connectivity index (χ2v) is 6.12. The molecule has 19 heavy (non-hydrogen) atoms. The highest BCUT2D eigenvalue weighted by atomic mass is 32.1. The van der Waals surface area contributed by atoms with Gasteiger partial charge in [-0.2, -0.15) is 0 Å². The Morgan fingerprint density at radius 2 is 1.95 bits per heavy atom. The Hall–Kier alpha value is -1.17. The summed E-state index contributed by atoms with van der Waals surface area (Å²) in [5.74, 6) is 0.542. The van der Waals surface area contributed by atoms with Gasteiger partial charge in [0.15, 0.2) is 5.96 Å². The smallest absolute Gasteiger partial charge is 0.189 e. The van der Waals surface area contributed by atoms with Crippen molar-refractivity contribution in [3.63, 3.8) is 0 Å². The largest absolute Gasteiger partial charge is 0.370 e. The van der Waals surface area contributed by atoms with Gasteiger partial charge in [0.05, 0.1) is 6.54 Å². The van der Waals surface area contributed by atoms with Gasteiger partial charge in [0.1, 0.15) is 10.0 Å². The van der Waals surface area contributed by atoms with Crippen LogP contribution in [-0.4, -0.2) is 22.2 Å². The Labute approximate surface area is 118 Å². The van der Waals surface area contributed by atoms with Gasteiger partial charge in [0.2, 0.25) is 0 Å². The van der Waals surface area contributed by atoms with E-state index in [9.17, 15) is 0 Å². The lowest BCUT2D eigenvalue weighted by molar-refractivity contribution is 0.530. The highest BCUT2D eigenvalue weighted by molar-refractivity contribution is 7.11. The van der Waals surface area contributed by atoms with Gasteiger partial charge in [-0.15, -0.1) is 10.2 Å². The standard InChI is InChI=1S/C13H23N5S/c1-2-11-17-18-12(19-11)9-15-13(14)16-10-7-5-3-4-6-8-10/h10H,2-9H2,1H3,(H3,14,15,16). The van der Waals surface area contributed by atoms with Crippen molar-refractivity contribution in [2.75, 3.05) is 0 Å². The Kier molecular flexibility index (Phi) is 5.57. The van der Waals surface area contributed by atoms with Gasteiger partial charge in [-0.3, -0.25) is 0 Å². The minimum Gasteiger partial charge on any atom is -0.370 e. The molecule has 0 amide bonds. The summed E-state index contributed by atoms with van der Waals surface area (Å²) in [5, 5.41) is 13.5. The first-order chi connectivity index (χ1) is 9.28. The molecule has 1 aliphatic carbocycles. The predicted octanol–water partition coefficient (Wildman–Crippen LogP) is 2.23. The van der Waals surface area contributed by atoms with Crippen LogP contribution in [0.25, 0.3) is 0 Å². The molecule has 0 saturated heterocycles. The summed E-state index contributed by atoms with van der Waals surface area (Å²) in [6, 6.07) is 0.492. The van der Waals surface area contributed by atoms with Crippen molar-refractivity contribution in [3.8, 4) is 0 Å². The van der Waals surface area contributed by atoms with Crippen LogP contribution in [0.15, 0.2) is 4.99 Å². The Balaban J connectivity index is 1.81. The third kappa shape index (κ3) is 4.78. The van der Waals surface area contributed by atoms with Gasteiger partial charge in [-0.05, 0) is 19.3 Å². The third-order valence-corrected chi connectivity index (χ3v) is 4.46. The number of hydrogen-bond acceptors (Lipinski definition) is 4. The summed E-state index contributed by atoms with van der Waals surface area (Å²) >= 11 is 1.61. The van der Waals surface area contributed by atoms with Crippen LogP contribution in [0.1, 0.15) is 55.5 Å². The van der Waals surface area contributed by atoms with Crippen molar-refractivity contribution >= 4 is 17.3 Å². The van der Waals surface area contributed by atoms with Gasteiger partial charge in [-0.25, -0.2) is 4.99 Å². The second-order valence-electron chi connectivity index (χ2n) is 4.98. The zero-order valence-corrected chi connectivity index (χ0v) is 12.4. The molecule has 1 aromatic heterocycles. The Morgan fingerprint density at radius 3 is 2.58 bits per heavy atom. The molecule has 0 unspecified atom stereocenters. The number of guanidine groups is 1. The molecule has 0 aliphatic heterocycles. The summed E-state index contributed by atoms with van der Waals surface area (Å²) in [7, 11) is 0. The van der Waals surface area contributed by atoms with E-state index in [1.807, 2.05) is 0 Å². The molecule has 106 valence electrons. The fraction of sp³-hybridized carbons (Fsp3) is 0.769. The number of hydrogen-bond donors (Lipinski definition) is 2. The molecule has 6 heteroatoms. The van der Waals surface area contributed by atoms with Crippen LogP contribution in [0.3, 0.4) is 0 Å². The van der Waals surface area contributed by atoms with Crippen LogP contribution >= 0.6 is 11.3 Å². The summed E-state index contributed by atoms with van der Waals surface area (Å²) < 4.78 is 0. The Morgan fingerprint density at radius 1 is 1.26 bits per heavy atom. The molecular weight excluding hydrogens is 258 g/mol. The fourth-order valence-corrected chi connectivity index (χ4v) is 3.04. The van der Waals surface area contributed by atoms with E-state index in [0.29, 0.717) is 18.5 Å². The monoisotopic (exact) mass is 281 g/mol. The quantitative estimate of drug-likeness (QED) is 0.504. The average Bonchev–Trinajstić information content (AvgIpc) is 2.73. The van der Waals surface area contributed by atoms with Crippen molar-refractivity contribution < 1.29 is 0 Å². The lowest BCUT2D eigenvalue weighted by atomic mass is 10.1. The maximum Gasteiger partial charge on any atom is 0.189 e. The van der Waals surface area contributed by atoms with Crippen LogP contribution in [0.4, 0.5) is 0 Å². The summed E-state index contributed by atoms with van der Waals surface area (Å²) in [6.45, 7) is 2.61. The highest BCUT2D eigenvalue weighted by Crippen LogP contribution is 2.17. The van der Waals surface area contributed by atoms with Crippen molar-refractivity contribution in [2.24, 2.45) is 10.7 Å². The lowest BCUT2D eigenvalue weighted by Crippen LogP contribution is -2.39. The summed E-state index contributed by atoms with van der Waals surface area (Å²) in [5.41, 5.74) is 5.94. The first-order valence-corrected chi connectivity index (χ1v) is 7.97. The van der Waals surface area contributed by atoms with Gasteiger partial charge >= 0.3 is 0 Å². The molecule has 1 aliphatic rings. The minimum atomic E-state index is 0.492. The second kappa shape index (κ2) is 7.43. The number of nitrogens with one attached hydrogen (secondary N) is 1. The normalized spacial score (nSPS) is 18.3. The van der Waals surface area contributed by atoms with Gasteiger partial charge in [0.25, 0.3) is 0 Å². The van der Waals surface area contributed by atoms with Gasteiger partial charge < -0.3 is 11.1 Å². The molecule has 5 nitrogen and oxygen atoms in total. The fourth-order valence-electron chi connectivity index (χ4n) is 2.33. The van der Waals surface area contributed by atoms with Crippen molar-refractivity contribution in [2.45, 2.75) is 64.5 Å². The van der Waals surface area contributed by atoms with E-state index >= 15 is 0 Å². The SMILES string of the molecule is CCc1nnc(CN=C(N)NC2CCCCCC2)s1. The zero-order valence-electron chi connectivity index (χ0n) is 11.6. The number of aryl methyl sites for hydroxylation is 1. The van der Waals surface area contributed by atoms with Crippen LogP contribution in [-0.2, 0) is 13.0 Å². The van der Waals surface area contributed by atoms with Gasteiger partial charge in [0, 0.05) is 6.04 Å². The van der Waals surface area contributed by atoms with E-state index in [4.69, 9.17) is 5.73 Å². The minimum absolute atomic E-state index is 0.492. The van der Waals surface area contributed by atoms with E-state index in [-0.39, 0.29) is 0 Å². The first-order valence-electron chi connectivity index (χ1n) is 7.15. The number of aromatic nitrogens is 2. The summed E-state index contributed by atoms with van der Waals surface area (Å²) in [6.07, 6.45) is 8.61. The van der Waals surface area contributed by atoms with Crippen LogP contribution < -0.4 is 11.1 Å². The molecule has 1 fully saturated rings. The number of rotatable bonds is 4. The maximum atomic E-state index is 5.94. The predicted molar refractivity (Wildman–Crippen MR) is 79.2 cm³/mol. The molecule has 0 bridgehead atoms.